The standard InChI is InChI=1S/C25H25FN4OS/c1-15-3-2-4-17(11-15)23-22(29-25(27)32-23)24(31)30(14-16-5-6-16)10-9-18-13-28-21-12-19(26)7-8-20(18)21/h2-4,7-8,11-13,16,28H,5-6,9-10,14H2,1H3,(H2,27,29). The fourth-order valence-corrected chi connectivity index (χ4v) is 4.94. The van der Waals surface area contributed by atoms with E-state index in [9.17, 15) is 9.18 Å². The van der Waals surface area contributed by atoms with Crippen molar-refractivity contribution in [3.8, 4) is 10.4 Å². The number of thiazole rings is 1. The number of nitrogens with two attached hydrogens (primary N) is 1. The van der Waals surface area contributed by atoms with Crippen molar-refractivity contribution in [2.24, 2.45) is 5.92 Å². The van der Waals surface area contributed by atoms with Crippen LogP contribution in [0.4, 0.5) is 9.52 Å². The molecule has 1 aliphatic carbocycles. The van der Waals surface area contributed by atoms with E-state index in [0.29, 0.717) is 29.7 Å². The lowest BCUT2D eigenvalue weighted by atomic mass is 10.1. The molecule has 32 heavy (non-hydrogen) atoms. The summed E-state index contributed by atoms with van der Waals surface area (Å²) in [5.74, 6) is 0.211. The lowest BCUT2D eigenvalue weighted by molar-refractivity contribution is 0.0745. The average molecular weight is 449 g/mol. The normalized spacial score (nSPS) is 13.6. The number of aromatic nitrogens is 2. The molecule has 0 radical (unpaired) electrons. The van der Waals surface area contributed by atoms with E-state index in [1.807, 2.05) is 36.2 Å². The summed E-state index contributed by atoms with van der Waals surface area (Å²) in [5.41, 5.74) is 10.4. The number of amides is 1. The Morgan fingerprint density at radius 3 is 2.91 bits per heavy atom. The molecule has 2 heterocycles. The van der Waals surface area contributed by atoms with E-state index in [-0.39, 0.29) is 11.7 Å². The van der Waals surface area contributed by atoms with Gasteiger partial charge in [-0.05, 0) is 61.4 Å². The smallest absolute Gasteiger partial charge is 0.274 e. The number of H-pyrrole nitrogens is 1. The van der Waals surface area contributed by atoms with E-state index in [1.165, 1.54) is 23.5 Å². The van der Waals surface area contributed by atoms with Gasteiger partial charge in [0.05, 0.1) is 4.88 Å². The number of hydrogen-bond acceptors (Lipinski definition) is 4. The van der Waals surface area contributed by atoms with Crippen LogP contribution in [0.2, 0.25) is 0 Å². The fraction of sp³-hybridized carbons (Fsp3) is 0.280. The molecule has 3 N–H and O–H groups in total. The molecule has 2 aromatic carbocycles. The highest BCUT2D eigenvalue weighted by Gasteiger charge is 2.30. The van der Waals surface area contributed by atoms with E-state index >= 15 is 0 Å². The highest BCUT2D eigenvalue weighted by atomic mass is 32.1. The summed E-state index contributed by atoms with van der Waals surface area (Å²) in [6.07, 6.45) is 4.90. The van der Waals surface area contributed by atoms with Gasteiger partial charge in [-0.25, -0.2) is 9.37 Å². The zero-order chi connectivity index (χ0) is 22.2. The van der Waals surface area contributed by atoms with Crippen LogP contribution in [0.3, 0.4) is 0 Å². The van der Waals surface area contributed by atoms with Gasteiger partial charge in [-0.15, -0.1) is 0 Å². The first-order valence-electron chi connectivity index (χ1n) is 10.9. The molecule has 7 heteroatoms. The number of aromatic amines is 1. The van der Waals surface area contributed by atoms with Crippen molar-refractivity contribution in [2.75, 3.05) is 18.8 Å². The summed E-state index contributed by atoms with van der Waals surface area (Å²) >= 11 is 1.35. The third kappa shape index (κ3) is 4.25. The number of carbonyl (C=O) groups is 1. The molecule has 2 aromatic heterocycles. The van der Waals surface area contributed by atoms with Crippen LogP contribution < -0.4 is 5.73 Å². The lowest BCUT2D eigenvalue weighted by Gasteiger charge is -2.22. The van der Waals surface area contributed by atoms with Gasteiger partial charge in [0, 0.05) is 30.2 Å². The number of nitrogen functional groups attached to an aromatic ring is 1. The number of fused-ring (bicyclic) bond motifs is 1. The maximum absolute atomic E-state index is 13.6. The molecule has 1 fully saturated rings. The van der Waals surface area contributed by atoms with Crippen molar-refractivity contribution in [3.05, 3.63) is 71.3 Å². The van der Waals surface area contributed by atoms with Crippen LogP contribution in [0, 0.1) is 18.7 Å². The van der Waals surface area contributed by atoms with Gasteiger partial charge < -0.3 is 15.6 Å². The zero-order valence-electron chi connectivity index (χ0n) is 17.9. The number of hydrogen-bond donors (Lipinski definition) is 2. The zero-order valence-corrected chi connectivity index (χ0v) is 18.7. The van der Waals surface area contributed by atoms with Crippen molar-refractivity contribution in [1.29, 1.82) is 0 Å². The van der Waals surface area contributed by atoms with E-state index in [2.05, 4.69) is 16.0 Å². The minimum absolute atomic E-state index is 0.0766. The van der Waals surface area contributed by atoms with Crippen LogP contribution in [-0.4, -0.2) is 33.9 Å². The minimum atomic E-state index is -0.263. The molecular formula is C25H25FN4OS. The van der Waals surface area contributed by atoms with Crippen molar-refractivity contribution in [2.45, 2.75) is 26.2 Å². The molecule has 164 valence electrons. The highest BCUT2D eigenvalue weighted by molar-refractivity contribution is 7.19. The number of carbonyl (C=O) groups excluding carboxylic acids is 1. The molecule has 0 aliphatic heterocycles. The summed E-state index contributed by atoms with van der Waals surface area (Å²) in [6.45, 7) is 3.33. The molecule has 0 bridgehead atoms. The maximum atomic E-state index is 13.6. The van der Waals surface area contributed by atoms with Gasteiger partial charge >= 0.3 is 0 Å². The van der Waals surface area contributed by atoms with Crippen LogP contribution in [0.5, 0.6) is 0 Å². The van der Waals surface area contributed by atoms with Crippen molar-refractivity contribution >= 4 is 33.3 Å². The monoisotopic (exact) mass is 448 g/mol. The molecule has 5 nitrogen and oxygen atoms in total. The molecule has 0 unspecified atom stereocenters. The Morgan fingerprint density at radius 2 is 2.12 bits per heavy atom. The molecule has 0 atom stereocenters. The van der Waals surface area contributed by atoms with E-state index in [4.69, 9.17) is 5.73 Å². The van der Waals surface area contributed by atoms with E-state index in [1.54, 1.807) is 6.07 Å². The SMILES string of the molecule is Cc1cccc(-c2sc(N)nc2C(=O)N(CCc2c[nH]c3cc(F)ccc23)CC2CC2)c1. The van der Waals surface area contributed by atoms with Crippen LogP contribution in [-0.2, 0) is 6.42 Å². The largest absolute Gasteiger partial charge is 0.375 e. The van der Waals surface area contributed by atoms with Crippen molar-refractivity contribution < 1.29 is 9.18 Å². The van der Waals surface area contributed by atoms with E-state index < -0.39 is 0 Å². The number of anilines is 1. The Labute approximate surface area is 190 Å². The number of nitrogens with zero attached hydrogens (tertiary/aromatic N) is 2. The first kappa shape index (κ1) is 20.7. The summed E-state index contributed by atoms with van der Waals surface area (Å²) in [5, 5.41) is 1.39. The average Bonchev–Trinajstić information content (AvgIpc) is 3.38. The molecule has 1 aliphatic rings. The van der Waals surface area contributed by atoms with Crippen LogP contribution in [0.25, 0.3) is 21.3 Å². The molecule has 0 spiro atoms. The molecule has 4 aromatic rings. The Hall–Kier alpha value is -3.19. The quantitative estimate of drug-likeness (QED) is 0.397. The number of nitrogens with one attached hydrogen (secondary N) is 1. The third-order valence-corrected chi connectivity index (χ3v) is 6.90. The minimum Gasteiger partial charge on any atom is -0.375 e. The fourth-order valence-electron chi connectivity index (χ4n) is 4.12. The van der Waals surface area contributed by atoms with Gasteiger partial charge in [0.2, 0.25) is 0 Å². The molecule has 1 saturated carbocycles. The Morgan fingerprint density at radius 1 is 1.28 bits per heavy atom. The summed E-state index contributed by atoms with van der Waals surface area (Å²) in [4.78, 5) is 23.9. The number of rotatable bonds is 7. The predicted octanol–water partition coefficient (Wildman–Crippen LogP) is 5.42. The second kappa shape index (κ2) is 8.39. The third-order valence-electron chi connectivity index (χ3n) is 5.97. The number of aryl methyl sites for hydroxylation is 1. The molecule has 0 saturated heterocycles. The van der Waals surface area contributed by atoms with Gasteiger partial charge in [-0.2, -0.15) is 0 Å². The second-order valence-electron chi connectivity index (χ2n) is 8.55. The summed E-state index contributed by atoms with van der Waals surface area (Å²) < 4.78 is 13.5. The second-order valence-corrected chi connectivity index (χ2v) is 9.58. The lowest BCUT2D eigenvalue weighted by Crippen LogP contribution is -2.35. The first-order chi connectivity index (χ1) is 15.5. The van der Waals surface area contributed by atoms with Gasteiger partial charge in [0.1, 0.15) is 11.5 Å². The Balaban J connectivity index is 1.41. The number of halogens is 1. The Bertz CT molecular complexity index is 1290. The predicted molar refractivity (Wildman–Crippen MR) is 127 cm³/mol. The van der Waals surface area contributed by atoms with Gasteiger partial charge in [0.25, 0.3) is 5.91 Å². The van der Waals surface area contributed by atoms with Crippen LogP contribution in [0.1, 0.15) is 34.5 Å². The van der Waals surface area contributed by atoms with Gasteiger partial charge in [-0.1, -0.05) is 41.2 Å². The molecule has 1 amide bonds. The Kier molecular flexibility index (Phi) is 5.43. The highest BCUT2D eigenvalue weighted by Crippen LogP contribution is 2.35. The van der Waals surface area contributed by atoms with E-state index in [0.717, 1.165) is 51.9 Å². The van der Waals surface area contributed by atoms with Gasteiger partial charge in [0.15, 0.2) is 5.13 Å². The van der Waals surface area contributed by atoms with Crippen molar-refractivity contribution in [3.63, 3.8) is 0 Å². The summed E-state index contributed by atoms with van der Waals surface area (Å²) in [6, 6.07) is 12.8. The maximum Gasteiger partial charge on any atom is 0.274 e. The first-order valence-corrected chi connectivity index (χ1v) is 11.7. The number of benzene rings is 2. The summed E-state index contributed by atoms with van der Waals surface area (Å²) in [7, 11) is 0. The van der Waals surface area contributed by atoms with Crippen molar-refractivity contribution in [1.82, 2.24) is 14.9 Å². The molecular weight excluding hydrogens is 423 g/mol. The van der Waals surface area contributed by atoms with Crippen LogP contribution in [0.15, 0.2) is 48.7 Å². The molecule has 5 rings (SSSR count). The topological polar surface area (TPSA) is 75.0 Å². The van der Waals surface area contributed by atoms with Gasteiger partial charge in [-0.3, -0.25) is 4.79 Å². The van der Waals surface area contributed by atoms with Crippen LogP contribution >= 0.6 is 11.3 Å².